The van der Waals surface area contributed by atoms with Crippen molar-refractivity contribution < 1.29 is 9.90 Å². The Balaban J connectivity index is 2.33. The third kappa shape index (κ3) is 2.24. The van der Waals surface area contributed by atoms with E-state index in [1.165, 1.54) is 0 Å². The zero-order valence-corrected chi connectivity index (χ0v) is 10.3. The number of aliphatic carboxylic acids is 1. The predicted molar refractivity (Wildman–Crippen MR) is 65.5 cm³/mol. The van der Waals surface area contributed by atoms with Gasteiger partial charge in [0.05, 0.1) is 0 Å². The molecular weight excluding hydrogens is 234 g/mol. The van der Waals surface area contributed by atoms with Gasteiger partial charge in [-0.15, -0.1) is 10.2 Å². The number of anilines is 1. The molecule has 0 aromatic carbocycles. The molecule has 0 amide bonds. The second-order valence-corrected chi connectivity index (χ2v) is 4.04. The van der Waals surface area contributed by atoms with E-state index in [4.69, 9.17) is 5.11 Å². The van der Waals surface area contributed by atoms with E-state index in [1.807, 2.05) is 13.8 Å². The van der Waals surface area contributed by atoms with Crippen LogP contribution in [0.5, 0.6) is 0 Å². The number of nitrogens with one attached hydrogen (secondary N) is 1. The van der Waals surface area contributed by atoms with Crippen molar-refractivity contribution in [3.63, 3.8) is 0 Å². The summed E-state index contributed by atoms with van der Waals surface area (Å²) in [6.45, 7) is 3.76. The Morgan fingerprint density at radius 1 is 1.56 bits per heavy atom. The van der Waals surface area contributed by atoms with Crippen LogP contribution in [0.25, 0.3) is 5.65 Å². The van der Waals surface area contributed by atoms with Crippen LogP contribution in [0.15, 0.2) is 12.4 Å². The summed E-state index contributed by atoms with van der Waals surface area (Å²) >= 11 is 0. The maximum Gasteiger partial charge on any atom is 0.326 e. The number of carboxylic acid groups (broad SMARTS) is 1. The Morgan fingerprint density at radius 2 is 2.33 bits per heavy atom. The quantitative estimate of drug-likeness (QED) is 0.824. The Hall–Kier alpha value is -2.18. The highest BCUT2D eigenvalue weighted by Gasteiger charge is 2.18. The highest BCUT2D eigenvalue weighted by atomic mass is 16.4. The van der Waals surface area contributed by atoms with E-state index in [-0.39, 0.29) is 0 Å². The smallest absolute Gasteiger partial charge is 0.326 e. The lowest BCUT2D eigenvalue weighted by atomic mass is 10.2. The van der Waals surface area contributed by atoms with Gasteiger partial charge in [-0.05, 0) is 13.3 Å². The highest BCUT2D eigenvalue weighted by molar-refractivity contribution is 5.78. The van der Waals surface area contributed by atoms with Crippen LogP contribution in [0.3, 0.4) is 0 Å². The van der Waals surface area contributed by atoms with Crippen LogP contribution in [0.1, 0.15) is 25.6 Å². The second kappa shape index (κ2) is 4.99. The number of carboxylic acids is 1. The molecule has 7 nitrogen and oxygen atoms in total. The van der Waals surface area contributed by atoms with Crippen molar-refractivity contribution in [1.82, 2.24) is 19.6 Å². The number of carbonyl (C=O) groups is 1. The van der Waals surface area contributed by atoms with Crippen molar-refractivity contribution in [2.45, 2.75) is 32.7 Å². The van der Waals surface area contributed by atoms with Crippen LogP contribution in [-0.2, 0) is 4.79 Å². The van der Waals surface area contributed by atoms with Gasteiger partial charge in [0, 0.05) is 12.4 Å². The first-order valence-corrected chi connectivity index (χ1v) is 5.79. The predicted octanol–water partition coefficient (Wildman–Crippen LogP) is 1.10. The Morgan fingerprint density at radius 3 is 3.00 bits per heavy atom. The van der Waals surface area contributed by atoms with Gasteiger partial charge in [0.15, 0.2) is 5.82 Å². The molecule has 18 heavy (non-hydrogen) atoms. The van der Waals surface area contributed by atoms with Crippen LogP contribution < -0.4 is 5.32 Å². The number of rotatable bonds is 5. The van der Waals surface area contributed by atoms with Gasteiger partial charge in [0.25, 0.3) is 0 Å². The zero-order chi connectivity index (χ0) is 13.1. The third-order valence-corrected chi connectivity index (χ3v) is 2.68. The molecule has 0 aliphatic rings. The summed E-state index contributed by atoms with van der Waals surface area (Å²) in [7, 11) is 0. The maximum atomic E-state index is 11.1. The van der Waals surface area contributed by atoms with Gasteiger partial charge in [-0.2, -0.15) is 0 Å². The van der Waals surface area contributed by atoms with Crippen molar-refractivity contribution in [1.29, 1.82) is 0 Å². The summed E-state index contributed by atoms with van der Waals surface area (Å²) in [5.41, 5.74) is 0.539. The molecule has 2 heterocycles. The molecule has 2 aromatic rings. The van der Waals surface area contributed by atoms with Crippen LogP contribution >= 0.6 is 0 Å². The number of fused-ring (bicyclic) bond motifs is 1. The number of nitrogens with zero attached hydrogens (tertiary/aromatic N) is 4. The first kappa shape index (κ1) is 12.3. The molecule has 0 aliphatic heterocycles. The summed E-state index contributed by atoms with van der Waals surface area (Å²) in [6.07, 6.45) is 4.64. The lowest BCUT2D eigenvalue weighted by Crippen LogP contribution is -2.29. The molecule has 1 atom stereocenters. The van der Waals surface area contributed by atoms with Gasteiger partial charge in [-0.25, -0.2) is 9.78 Å². The van der Waals surface area contributed by atoms with Crippen LogP contribution in [0.2, 0.25) is 0 Å². The van der Waals surface area contributed by atoms with Gasteiger partial charge < -0.3 is 10.4 Å². The first-order valence-electron chi connectivity index (χ1n) is 5.79. The van der Waals surface area contributed by atoms with Crippen molar-refractivity contribution >= 4 is 17.4 Å². The van der Waals surface area contributed by atoms with Crippen molar-refractivity contribution in [3.8, 4) is 0 Å². The van der Waals surface area contributed by atoms with Crippen molar-refractivity contribution in [2.75, 3.05) is 5.32 Å². The number of hydrogen-bond donors (Lipinski definition) is 2. The molecule has 0 saturated heterocycles. The normalized spacial score (nSPS) is 12.6. The third-order valence-electron chi connectivity index (χ3n) is 2.68. The standard InChI is InChI=1S/C11H15N5O2/c1-3-4-8(11(17)18)13-9-10-15-14-7(2)16(10)6-5-12-9/h5-6,8H,3-4H2,1-2H3,(H,12,13)(H,17,18). The minimum atomic E-state index is -0.892. The Bertz CT molecular complexity index is 566. The van der Waals surface area contributed by atoms with E-state index in [9.17, 15) is 4.79 Å². The fourth-order valence-corrected chi connectivity index (χ4v) is 1.75. The molecule has 0 radical (unpaired) electrons. The van der Waals surface area contributed by atoms with Crippen molar-refractivity contribution in [2.24, 2.45) is 0 Å². The van der Waals surface area contributed by atoms with Crippen LogP contribution in [0.4, 0.5) is 5.82 Å². The maximum absolute atomic E-state index is 11.1. The van der Waals surface area contributed by atoms with Crippen LogP contribution in [-0.4, -0.2) is 36.7 Å². The minimum Gasteiger partial charge on any atom is -0.480 e. The summed E-state index contributed by atoms with van der Waals surface area (Å²) in [5.74, 6) is 0.286. The number of aromatic nitrogens is 4. The molecular formula is C11H15N5O2. The summed E-state index contributed by atoms with van der Waals surface area (Å²) < 4.78 is 1.76. The molecule has 0 spiro atoms. The average molecular weight is 249 g/mol. The van der Waals surface area contributed by atoms with E-state index in [1.54, 1.807) is 16.8 Å². The van der Waals surface area contributed by atoms with Crippen LogP contribution in [0, 0.1) is 6.92 Å². The van der Waals surface area contributed by atoms with E-state index >= 15 is 0 Å². The van der Waals surface area contributed by atoms with Gasteiger partial charge in [-0.3, -0.25) is 4.40 Å². The van der Waals surface area contributed by atoms with Crippen molar-refractivity contribution in [3.05, 3.63) is 18.2 Å². The highest BCUT2D eigenvalue weighted by Crippen LogP contribution is 2.14. The van der Waals surface area contributed by atoms with Gasteiger partial charge in [0.2, 0.25) is 5.65 Å². The fraction of sp³-hybridized carbons (Fsp3) is 0.455. The lowest BCUT2D eigenvalue weighted by Gasteiger charge is -2.14. The zero-order valence-electron chi connectivity index (χ0n) is 10.3. The van der Waals surface area contributed by atoms with E-state index in [2.05, 4.69) is 20.5 Å². The molecule has 0 aliphatic carbocycles. The fourth-order valence-electron chi connectivity index (χ4n) is 1.75. The van der Waals surface area contributed by atoms with E-state index in [0.717, 1.165) is 12.2 Å². The molecule has 0 fully saturated rings. The summed E-state index contributed by atoms with van der Waals surface area (Å²) in [5, 5.41) is 19.9. The summed E-state index contributed by atoms with van der Waals surface area (Å²) in [4.78, 5) is 15.2. The largest absolute Gasteiger partial charge is 0.480 e. The monoisotopic (exact) mass is 249 g/mol. The second-order valence-electron chi connectivity index (χ2n) is 4.04. The number of hydrogen-bond acceptors (Lipinski definition) is 5. The van der Waals surface area contributed by atoms with E-state index < -0.39 is 12.0 Å². The average Bonchev–Trinajstić information content (AvgIpc) is 2.72. The molecule has 7 heteroatoms. The molecule has 0 saturated carbocycles. The van der Waals surface area contributed by atoms with Gasteiger partial charge in [-0.1, -0.05) is 13.3 Å². The molecule has 1 unspecified atom stereocenters. The molecule has 0 bridgehead atoms. The SMILES string of the molecule is CCCC(Nc1nccn2c(C)nnc12)C(=O)O. The number of aryl methyl sites for hydroxylation is 1. The Kier molecular flexibility index (Phi) is 3.40. The molecule has 96 valence electrons. The first-order chi connectivity index (χ1) is 8.63. The molecule has 2 N–H and O–H groups in total. The lowest BCUT2D eigenvalue weighted by molar-refractivity contribution is -0.138. The Labute approximate surface area is 104 Å². The topological polar surface area (TPSA) is 92.4 Å². The van der Waals surface area contributed by atoms with E-state index in [0.29, 0.717) is 17.9 Å². The molecule has 2 aromatic heterocycles. The van der Waals surface area contributed by atoms with Gasteiger partial charge in [0.1, 0.15) is 11.9 Å². The molecule has 2 rings (SSSR count). The summed E-state index contributed by atoms with van der Waals surface area (Å²) in [6, 6.07) is -0.661. The van der Waals surface area contributed by atoms with Gasteiger partial charge >= 0.3 is 5.97 Å². The minimum absolute atomic E-state index is 0.443.